The molecule has 7 heteroatoms. The Hall–Kier alpha value is -2.12. The lowest BCUT2D eigenvalue weighted by atomic mass is 9.86. The smallest absolute Gasteiger partial charge is 0.230 e. The van der Waals surface area contributed by atoms with E-state index in [2.05, 4.69) is 22.4 Å². The average Bonchev–Trinajstić information content (AvgIpc) is 3.38. The Morgan fingerprint density at radius 2 is 2.00 bits per heavy atom. The summed E-state index contributed by atoms with van der Waals surface area (Å²) in [4.78, 5) is 13.6. The number of thiophene rings is 1. The Bertz CT molecular complexity index is 908. The highest BCUT2D eigenvalue weighted by Gasteiger charge is 2.23. The van der Waals surface area contributed by atoms with Crippen LogP contribution in [-0.2, 0) is 4.79 Å². The summed E-state index contributed by atoms with van der Waals surface area (Å²) in [5.74, 6) is 1.79. The molecule has 1 aliphatic carbocycles. The summed E-state index contributed by atoms with van der Waals surface area (Å²) in [6.07, 6.45) is 4.76. The molecule has 1 amide bonds. The molecule has 2 heterocycles. The molecule has 28 heavy (non-hydrogen) atoms. The van der Waals surface area contributed by atoms with Gasteiger partial charge in [-0.25, -0.2) is 0 Å². The maximum absolute atomic E-state index is 12.5. The van der Waals surface area contributed by atoms with Gasteiger partial charge in [-0.1, -0.05) is 55.8 Å². The van der Waals surface area contributed by atoms with E-state index in [-0.39, 0.29) is 5.91 Å². The van der Waals surface area contributed by atoms with E-state index in [1.165, 1.54) is 31.0 Å². The van der Waals surface area contributed by atoms with Crippen molar-refractivity contribution < 1.29 is 4.79 Å². The van der Waals surface area contributed by atoms with Crippen LogP contribution in [0.15, 0.2) is 53.0 Å². The van der Waals surface area contributed by atoms with Gasteiger partial charge in [0.05, 0.1) is 10.6 Å². The van der Waals surface area contributed by atoms with Crippen molar-refractivity contribution in [3.8, 4) is 16.4 Å². The molecule has 0 aliphatic heterocycles. The van der Waals surface area contributed by atoms with Gasteiger partial charge in [0.15, 0.2) is 11.0 Å². The largest absolute Gasteiger partial charge is 0.352 e. The molecule has 0 unspecified atom stereocenters. The van der Waals surface area contributed by atoms with Gasteiger partial charge in [0, 0.05) is 11.7 Å². The van der Waals surface area contributed by atoms with Crippen LogP contribution in [-0.4, -0.2) is 32.5 Å². The molecular weight excluding hydrogens is 388 g/mol. The molecule has 1 aromatic carbocycles. The number of hydrogen-bond donors (Lipinski definition) is 1. The minimum absolute atomic E-state index is 0.0732. The van der Waals surface area contributed by atoms with E-state index >= 15 is 0 Å². The number of rotatable bonds is 6. The van der Waals surface area contributed by atoms with Crippen molar-refractivity contribution in [3.05, 3.63) is 47.8 Å². The Balaban J connectivity index is 1.51. The van der Waals surface area contributed by atoms with Crippen molar-refractivity contribution in [3.63, 3.8) is 0 Å². The lowest BCUT2D eigenvalue weighted by molar-refractivity contribution is -0.119. The fraction of sp³-hybridized carbons (Fsp3) is 0.381. The second kappa shape index (κ2) is 8.92. The molecule has 0 radical (unpaired) electrons. The topological polar surface area (TPSA) is 59.8 Å². The lowest BCUT2D eigenvalue weighted by Gasteiger charge is -2.29. The number of para-hydroxylation sites is 1. The molecule has 5 nitrogen and oxygen atoms in total. The predicted molar refractivity (Wildman–Crippen MR) is 115 cm³/mol. The van der Waals surface area contributed by atoms with Crippen LogP contribution in [0.3, 0.4) is 0 Å². The van der Waals surface area contributed by atoms with Crippen LogP contribution in [0, 0.1) is 5.92 Å². The molecule has 3 aromatic rings. The summed E-state index contributed by atoms with van der Waals surface area (Å²) in [7, 11) is 0. The van der Waals surface area contributed by atoms with Crippen LogP contribution < -0.4 is 5.32 Å². The zero-order valence-electron chi connectivity index (χ0n) is 15.9. The Kier molecular flexibility index (Phi) is 6.12. The normalized spacial score (nSPS) is 19.5. The summed E-state index contributed by atoms with van der Waals surface area (Å²) in [6, 6.07) is 14.4. The summed E-state index contributed by atoms with van der Waals surface area (Å²) in [5.41, 5.74) is 1.000. The van der Waals surface area contributed by atoms with Crippen molar-refractivity contribution in [2.45, 2.75) is 43.8 Å². The fourth-order valence-corrected chi connectivity index (χ4v) is 5.11. The minimum atomic E-state index is 0.0732. The number of amides is 1. The first-order valence-corrected chi connectivity index (χ1v) is 11.6. The molecule has 1 aliphatic rings. The van der Waals surface area contributed by atoms with E-state index in [4.69, 9.17) is 0 Å². The molecule has 1 N–H and O–H groups in total. The van der Waals surface area contributed by atoms with Crippen molar-refractivity contribution in [1.29, 1.82) is 0 Å². The van der Waals surface area contributed by atoms with E-state index in [1.807, 2.05) is 52.4 Å². The quantitative estimate of drug-likeness (QED) is 0.592. The van der Waals surface area contributed by atoms with Crippen LogP contribution >= 0.6 is 23.1 Å². The number of benzene rings is 1. The van der Waals surface area contributed by atoms with Gasteiger partial charge in [-0.3, -0.25) is 9.36 Å². The van der Waals surface area contributed by atoms with E-state index < -0.39 is 0 Å². The first-order valence-electron chi connectivity index (χ1n) is 9.69. The highest BCUT2D eigenvalue weighted by Crippen LogP contribution is 2.30. The van der Waals surface area contributed by atoms with Gasteiger partial charge in [0.25, 0.3) is 0 Å². The summed E-state index contributed by atoms with van der Waals surface area (Å²) in [6.45, 7) is 2.23. The Morgan fingerprint density at radius 3 is 2.75 bits per heavy atom. The third kappa shape index (κ3) is 4.31. The Labute approximate surface area is 173 Å². The van der Waals surface area contributed by atoms with E-state index in [9.17, 15) is 4.79 Å². The van der Waals surface area contributed by atoms with E-state index in [0.29, 0.717) is 17.7 Å². The molecule has 146 valence electrons. The number of carbonyl (C=O) groups excluding carboxylic acids is 1. The molecule has 2 atom stereocenters. The molecule has 0 saturated heterocycles. The highest BCUT2D eigenvalue weighted by molar-refractivity contribution is 7.99. The zero-order valence-corrected chi connectivity index (χ0v) is 17.5. The van der Waals surface area contributed by atoms with Crippen molar-refractivity contribution in [2.75, 3.05) is 5.75 Å². The number of aromatic nitrogens is 3. The van der Waals surface area contributed by atoms with Crippen molar-refractivity contribution in [1.82, 2.24) is 20.1 Å². The van der Waals surface area contributed by atoms with E-state index in [0.717, 1.165) is 28.0 Å². The first-order chi connectivity index (χ1) is 13.7. The molecular formula is C21H24N4OS2. The maximum atomic E-state index is 12.5. The van der Waals surface area contributed by atoms with Crippen molar-refractivity contribution >= 4 is 29.0 Å². The third-order valence-electron chi connectivity index (χ3n) is 5.18. The molecule has 0 bridgehead atoms. The number of hydrogen-bond acceptors (Lipinski definition) is 5. The molecule has 4 rings (SSSR count). The van der Waals surface area contributed by atoms with Crippen LogP contribution in [0.5, 0.6) is 0 Å². The third-order valence-corrected chi connectivity index (χ3v) is 6.97. The molecule has 1 fully saturated rings. The second-order valence-electron chi connectivity index (χ2n) is 7.18. The average molecular weight is 413 g/mol. The van der Waals surface area contributed by atoms with Crippen LogP contribution in [0.25, 0.3) is 16.4 Å². The highest BCUT2D eigenvalue weighted by atomic mass is 32.2. The number of thioether (sulfide) groups is 1. The van der Waals surface area contributed by atoms with Crippen LogP contribution in [0.1, 0.15) is 32.6 Å². The number of nitrogens with zero attached hydrogens (tertiary/aromatic N) is 3. The molecule has 2 aromatic heterocycles. The first kappa shape index (κ1) is 19.2. The predicted octanol–water partition coefficient (Wildman–Crippen LogP) is 4.78. The SMILES string of the molecule is C[C@H]1CCCC[C@@H]1NC(=O)CSc1nnc(-c2cccs2)n1-c1ccccc1. The van der Waals surface area contributed by atoms with Gasteiger partial charge in [0.1, 0.15) is 0 Å². The molecule has 1 saturated carbocycles. The van der Waals surface area contributed by atoms with Crippen LogP contribution in [0.4, 0.5) is 0 Å². The maximum Gasteiger partial charge on any atom is 0.230 e. The van der Waals surface area contributed by atoms with Gasteiger partial charge in [-0.2, -0.15) is 0 Å². The van der Waals surface area contributed by atoms with Gasteiger partial charge >= 0.3 is 0 Å². The van der Waals surface area contributed by atoms with E-state index in [1.54, 1.807) is 11.3 Å². The Morgan fingerprint density at radius 1 is 1.18 bits per heavy atom. The number of nitrogens with one attached hydrogen (secondary N) is 1. The number of carbonyl (C=O) groups is 1. The molecule has 0 spiro atoms. The summed E-state index contributed by atoms with van der Waals surface area (Å²) in [5, 5.41) is 14.8. The van der Waals surface area contributed by atoms with Crippen LogP contribution in [0.2, 0.25) is 0 Å². The summed E-state index contributed by atoms with van der Waals surface area (Å²) < 4.78 is 2.03. The second-order valence-corrected chi connectivity index (χ2v) is 9.07. The zero-order chi connectivity index (χ0) is 19.3. The fourth-order valence-electron chi connectivity index (χ4n) is 3.65. The van der Waals surface area contributed by atoms with Gasteiger partial charge in [-0.15, -0.1) is 21.5 Å². The summed E-state index contributed by atoms with van der Waals surface area (Å²) >= 11 is 3.07. The van der Waals surface area contributed by atoms with Crippen molar-refractivity contribution in [2.24, 2.45) is 5.92 Å². The monoisotopic (exact) mass is 412 g/mol. The van der Waals surface area contributed by atoms with Gasteiger partial charge < -0.3 is 5.32 Å². The van der Waals surface area contributed by atoms with Gasteiger partial charge in [0.2, 0.25) is 5.91 Å². The lowest BCUT2D eigenvalue weighted by Crippen LogP contribution is -2.41. The minimum Gasteiger partial charge on any atom is -0.352 e. The van der Waals surface area contributed by atoms with Gasteiger partial charge in [-0.05, 0) is 42.3 Å². The standard InChI is InChI=1S/C21H24N4OS2/c1-15-8-5-6-11-17(15)22-19(26)14-28-21-24-23-20(18-12-7-13-27-18)25(21)16-9-3-2-4-10-16/h2-4,7,9-10,12-13,15,17H,5-6,8,11,14H2,1H3,(H,22,26)/t15-,17-/m0/s1.